The number of aliphatic hydroxyl groups is 1. The van der Waals surface area contributed by atoms with Gasteiger partial charge in [-0.1, -0.05) is 43.2 Å². The standard InChI is InChI=1S/C19H28N2O3/c22-14-17-13-21(10-11-24-17)19(23)20-18(16-8-4-5-9-16)12-15-6-2-1-3-7-15/h1-3,6-7,16-18,22H,4-5,8-14H2,(H,20,23)/t17-,18+/m0/s1. The van der Waals surface area contributed by atoms with E-state index in [1.165, 1.54) is 31.2 Å². The molecule has 1 aromatic rings. The molecule has 1 saturated heterocycles. The van der Waals surface area contributed by atoms with Gasteiger partial charge < -0.3 is 20.1 Å². The van der Waals surface area contributed by atoms with E-state index in [1.807, 2.05) is 6.07 Å². The molecule has 2 fully saturated rings. The van der Waals surface area contributed by atoms with Gasteiger partial charge in [0, 0.05) is 12.6 Å². The SMILES string of the molecule is O=C(N[C@H](Cc1ccccc1)C1CCCC1)N1CCO[C@H](CO)C1. The Bertz CT molecular complexity index is 517. The molecule has 1 aliphatic carbocycles. The summed E-state index contributed by atoms with van der Waals surface area (Å²) in [6.45, 7) is 1.50. The van der Waals surface area contributed by atoms with Crippen LogP contribution >= 0.6 is 0 Å². The third-order valence-electron chi connectivity index (χ3n) is 5.21. The summed E-state index contributed by atoms with van der Waals surface area (Å²) >= 11 is 0. The van der Waals surface area contributed by atoms with E-state index in [1.54, 1.807) is 4.90 Å². The fourth-order valence-electron chi connectivity index (χ4n) is 3.83. The van der Waals surface area contributed by atoms with E-state index in [-0.39, 0.29) is 24.8 Å². The minimum Gasteiger partial charge on any atom is -0.394 e. The first-order valence-electron chi connectivity index (χ1n) is 9.08. The summed E-state index contributed by atoms with van der Waals surface area (Å²) in [6, 6.07) is 10.5. The molecule has 2 amide bonds. The summed E-state index contributed by atoms with van der Waals surface area (Å²) in [5.41, 5.74) is 1.27. The number of nitrogens with one attached hydrogen (secondary N) is 1. The Morgan fingerprint density at radius 2 is 2.04 bits per heavy atom. The Morgan fingerprint density at radius 3 is 2.75 bits per heavy atom. The van der Waals surface area contributed by atoms with Crippen molar-refractivity contribution >= 4 is 6.03 Å². The molecule has 1 aliphatic heterocycles. The maximum atomic E-state index is 12.7. The lowest BCUT2D eigenvalue weighted by molar-refractivity contribution is -0.0406. The predicted octanol–water partition coefficient (Wildman–Crippen LogP) is 2.19. The number of urea groups is 1. The zero-order valence-corrected chi connectivity index (χ0v) is 14.2. The number of carbonyl (C=O) groups is 1. The van der Waals surface area contributed by atoms with Crippen LogP contribution in [0.4, 0.5) is 4.79 Å². The number of carbonyl (C=O) groups excluding carboxylic acids is 1. The zero-order chi connectivity index (χ0) is 16.8. The quantitative estimate of drug-likeness (QED) is 0.869. The number of morpholine rings is 1. The Morgan fingerprint density at radius 1 is 1.29 bits per heavy atom. The molecule has 2 aliphatic rings. The van der Waals surface area contributed by atoms with Gasteiger partial charge in [-0.3, -0.25) is 0 Å². The monoisotopic (exact) mass is 332 g/mol. The minimum absolute atomic E-state index is 0.0235. The smallest absolute Gasteiger partial charge is 0.317 e. The molecular weight excluding hydrogens is 304 g/mol. The zero-order valence-electron chi connectivity index (χ0n) is 14.2. The summed E-state index contributed by atoms with van der Waals surface area (Å²) in [7, 11) is 0. The summed E-state index contributed by atoms with van der Waals surface area (Å²) < 4.78 is 5.44. The minimum atomic E-state index is -0.261. The molecule has 2 atom stereocenters. The van der Waals surface area contributed by atoms with Gasteiger partial charge in [-0.05, 0) is 30.7 Å². The van der Waals surface area contributed by atoms with Crippen LogP contribution in [0, 0.1) is 5.92 Å². The highest BCUT2D eigenvalue weighted by atomic mass is 16.5. The molecule has 0 radical (unpaired) electrons. The van der Waals surface area contributed by atoms with Gasteiger partial charge in [0.25, 0.3) is 0 Å². The van der Waals surface area contributed by atoms with Crippen LogP contribution in [-0.4, -0.2) is 54.5 Å². The van der Waals surface area contributed by atoms with Gasteiger partial charge >= 0.3 is 6.03 Å². The molecule has 132 valence electrons. The molecule has 3 rings (SSSR count). The average molecular weight is 332 g/mol. The van der Waals surface area contributed by atoms with Crippen molar-refractivity contribution in [1.29, 1.82) is 0 Å². The average Bonchev–Trinajstić information content (AvgIpc) is 3.16. The fraction of sp³-hybridized carbons (Fsp3) is 0.632. The van der Waals surface area contributed by atoms with Crippen molar-refractivity contribution in [3.05, 3.63) is 35.9 Å². The summed E-state index contributed by atoms with van der Waals surface area (Å²) in [5, 5.41) is 12.5. The number of rotatable bonds is 5. The largest absolute Gasteiger partial charge is 0.394 e. The van der Waals surface area contributed by atoms with Gasteiger partial charge in [0.05, 0.1) is 25.9 Å². The fourth-order valence-corrected chi connectivity index (χ4v) is 3.83. The second-order valence-electron chi connectivity index (χ2n) is 6.91. The molecule has 5 heteroatoms. The molecule has 0 bridgehead atoms. The first kappa shape index (κ1) is 17.2. The van der Waals surface area contributed by atoms with Crippen molar-refractivity contribution in [1.82, 2.24) is 10.2 Å². The molecule has 5 nitrogen and oxygen atoms in total. The van der Waals surface area contributed by atoms with Crippen LogP contribution < -0.4 is 5.32 Å². The highest BCUT2D eigenvalue weighted by Crippen LogP contribution is 2.29. The number of aliphatic hydroxyl groups excluding tert-OH is 1. The number of hydrogen-bond acceptors (Lipinski definition) is 3. The van der Waals surface area contributed by atoms with E-state index in [9.17, 15) is 9.90 Å². The van der Waals surface area contributed by atoms with Crippen LogP contribution in [0.3, 0.4) is 0 Å². The van der Waals surface area contributed by atoms with Gasteiger partial charge in [0.1, 0.15) is 0 Å². The summed E-state index contributed by atoms with van der Waals surface area (Å²) in [6.07, 6.45) is 5.53. The number of benzene rings is 1. The maximum Gasteiger partial charge on any atom is 0.317 e. The number of amides is 2. The molecule has 24 heavy (non-hydrogen) atoms. The van der Waals surface area contributed by atoms with E-state index >= 15 is 0 Å². The van der Waals surface area contributed by atoms with Crippen molar-refractivity contribution in [3.63, 3.8) is 0 Å². The van der Waals surface area contributed by atoms with Gasteiger partial charge in [-0.25, -0.2) is 4.79 Å². The molecule has 0 spiro atoms. The van der Waals surface area contributed by atoms with E-state index in [4.69, 9.17) is 4.74 Å². The number of ether oxygens (including phenoxy) is 1. The Kier molecular flexibility index (Phi) is 6.10. The second-order valence-corrected chi connectivity index (χ2v) is 6.91. The highest BCUT2D eigenvalue weighted by Gasteiger charge is 2.30. The summed E-state index contributed by atoms with van der Waals surface area (Å²) in [5.74, 6) is 0.559. The van der Waals surface area contributed by atoms with Gasteiger partial charge in [0.15, 0.2) is 0 Å². The lowest BCUT2D eigenvalue weighted by atomic mass is 9.92. The van der Waals surface area contributed by atoms with Crippen molar-refractivity contribution in [2.45, 2.75) is 44.2 Å². The lowest BCUT2D eigenvalue weighted by Gasteiger charge is -2.34. The van der Waals surface area contributed by atoms with E-state index in [0.717, 1.165) is 6.42 Å². The van der Waals surface area contributed by atoms with Crippen LogP contribution in [0.5, 0.6) is 0 Å². The Labute approximate surface area is 144 Å². The third kappa shape index (κ3) is 4.48. The first-order valence-corrected chi connectivity index (χ1v) is 9.08. The predicted molar refractivity (Wildman–Crippen MR) is 92.8 cm³/mol. The third-order valence-corrected chi connectivity index (χ3v) is 5.21. The van der Waals surface area contributed by atoms with E-state index in [0.29, 0.717) is 25.6 Å². The van der Waals surface area contributed by atoms with Crippen molar-refractivity contribution in [2.24, 2.45) is 5.92 Å². The number of hydrogen-bond donors (Lipinski definition) is 2. The molecular formula is C19H28N2O3. The molecule has 1 aromatic carbocycles. The maximum absolute atomic E-state index is 12.7. The van der Waals surface area contributed by atoms with Gasteiger partial charge in [-0.2, -0.15) is 0 Å². The van der Waals surface area contributed by atoms with Gasteiger partial charge in [-0.15, -0.1) is 0 Å². The lowest BCUT2D eigenvalue weighted by Crippen LogP contribution is -2.54. The second kappa shape index (κ2) is 8.49. The molecule has 1 heterocycles. The normalized spacial score (nSPS) is 23.2. The first-order chi connectivity index (χ1) is 11.8. The van der Waals surface area contributed by atoms with Crippen molar-refractivity contribution in [2.75, 3.05) is 26.3 Å². The van der Waals surface area contributed by atoms with Crippen LogP contribution in [0.1, 0.15) is 31.2 Å². The van der Waals surface area contributed by atoms with Gasteiger partial charge in [0.2, 0.25) is 0 Å². The summed E-state index contributed by atoms with van der Waals surface area (Å²) in [4.78, 5) is 14.5. The van der Waals surface area contributed by atoms with Crippen LogP contribution in [0.2, 0.25) is 0 Å². The number of nitrogens with zero attached hydrogens (tertiary/aromatic N) is 1. The Balaban J connectivity index is 1.63. The van der Waals surface area contributed by atoms with E-state index < -0.39 is 0 Å². The van der Waals surface area contributed by atoms with E-state index in [2.05, 4.69) is 29.6 Å². The molecule has 1 saturated carbocycles. The van der Waals surface area contributed by atoms with Crippen molar-refractivity contribution < 1.29 is 14.6 Å². The molecule has 0 aromatic heterocycles. The topological polar surface area (TPSA) is 61.8 Å². The Hall–Kier alpha value is -1.59. The van der Waals surface area contributed by atoms with Crippen LogP contribution in [0.25, 0.3) is 0 Å². The van der Waals surface area contributed by atoms with Crippen LogP contribution in [-0.2, 0) is 11.2 Å². The molecule has 0 unspecified atom stereocenters. The highest BCUT2D eigenvalue weighted by molar-refractivity contribution is 5.74. The van der Waals surface area contributed by atoms with Crippen LogP contribution in [0.15, 0.2) is 30.3 Å². The molecule has 2 N–H and O–H groups in total. The van der Waals surface area contributed by atoms with Crippen molar-refractivity contribution in [3.8, 4) is 0 Å².